The third-order valence-electron chi connectivity index (χ3n) is 5.07. The van der Waals surface area contributed by atoms with Crippen LogP contribution in [0, 0.1) is 25.2 Å². The van der Waals surface area contributed by atoms with Gasteiger partial charge in [-0.05, 0) is 73.5 Å². The highest BCUT2D eigenvalue weighted by Crippen LogP contribution is 2.30. The quantitative estimate of drug-likeness (QED) is 0.340. The zero-order valence-electron chi connectivity index (χ0n) is 18.0. The van der Waals surface area contributed by atoms with Crippen LogP contribution in [0.3, 0.4) is 0 Å². The molecule has 33 heavy (non-hydrogen) atoms. The SMILES string of the molecule is Cc1ccc(C(=O)c2cc(Cl)ccc2Oc2ccnc(Nc3ccc(C#N)cc3)n2)cc1C. The Bertz CT molecular complexity index is 1380. The zero-order valence-corrected chi connectivity index (χ0v) is 18.7. The van der Waals surface area contributed by atoms with Gasteiger partial charge in [-0.25, -0.2) is 4.98 Å². The van der Waals surface area contributed by atoms with E-state index < -0.39 is 0 Å². The van der Waals surface area contributed by atoms with Crippen LogP contribution >= 0.6 is 11.6 Å². The first-order valence-electron chi connectivity index (χ1n) is 10.1. The number of aromatic nitrogens is 2. The molecule has 0 aliphatic rings. The number of halogens is 1. The third-order valence-corrected chi connectivity index (χ3v) is 5.31. The van der Waals surface area contributed by atoms with Crippen LogP contribution in [0.25, 0.3) is 0 Å². The molecule has 4 aromatic rings. The Morgan fingerprint density at radius 1 is 1.00 bits per heavy atom. The second kappa shape index (κ2) is 9.51. The summed E-state index contributed by atoms with van der Waals surface area (Å²) >= 11 is 6.18. The third kappa shape index (κ3) is 5.17. The molecule has 0 saturated heterocycles. The fourth-order valence-electron chi connectivity index (χ4n) is 3.14. The number of nitrogens with one attached hydrogen (secondary N) is 1. The molecule has 0 saturated carbocycles. The van der Waals surface area contributed by atoms with Gasteiger partial charge in [0.2, 0.25) is 11.8 Å². The van der Waals surface area contributed by atoms with Crippen molar-refractivity contribution in [2.75, 3.05) is 5.32 Å². The molecule has 0 aliphatic heterocycles. The number of anilines is 2. The van der Waals surface area contributed by atoms with Gasteiger partial charge in [-0.15, -0.1) is 0 Å². The monoisotopic (exact) mass is 454 g/mol. The standard InChI is InChI=1S/C26H19ClN4O2/c1-16-3-6-19(13-17(16)2)25(32)22-14-20(27)7-10-23(22)33-24-11-12-29-26(31-24)30-21-8-4-18(15-28)5-9-21/h3-14H,1-2H3,(H,29,30,31). The van der Waals surface area contributed by atoms with E-state index >= 15 is 0 Å². The molecule has 1 N–H and O–H groups in total. The van der Waals surface area contributed by atoms with Gasteiger partial charge in [0.25, 0.3) is 0 Å². The van der Waals surface area contributed by atoms with Crippen molar-refractivity contribution < 1.29 is 9.53 Å². The molecular weight excluding hydrogens is 436 g/mol. The van der Waals surface area contributed by atoms with Crippen molar-refractivity contribution in [3.05, 3.63) is 106 Å². The van der Waals surface area contributed by atoms with E-state index in [-0.39, 0.29) is 11.7 Å². The lowest BCUT2D eigenvalue weighted by atomic mass is 9.99. The lowest BCUT2D eigenvalue weighted by Crippen LogP contribution is -2.05. The smallest absolute Gasteiger partial charge is 0.230 e. The van der Waals surface area contributed by atoms with E-state index in [1.807, 2.05) is 26.0 Å². The Labute approximate surface area is 196 Å². The molecule has 162 valence electrons. The van der Waals surface area contributed by atoms with Gasteiger partial charge in [-0.1, -0.05) is 23.7 Å². The lowest BCUT2D eigenvalue weighted by molar-refractivity contribution is 0.103. The van der Waals surface area contributed by atoms with Crippen LogP contribution < -0.4 is 10.1 Å². The first-order valence-corrected chi connectivity index (χ1v) is 10.5. The molecule has 0 unspecified atom stereocenters. The predicted molar refractivity (Wildman–Crippen MR) is 127 cm³/mol. The van der Waals surface area contributed by atoms with Crippen LogP contribution in [0.15, 0.2) is 72.9 Å². The molecule has 0 bridgehead atoms. The van der Waals surface area contributed by atoms with E-state index in [9.17, 15) is 4.79 Å². The number of nitrogens with zero attached hydrogens (tertiary/aromatic N) is 3. The van der Waals surface area contributed by atoms with Crippen molar-refractivity contribution in [3.63, 3.8) is 0 Å². The van der Waals surface area contributed by atoms with Crippen LogP contribution in [0.1, 0.15) is 32.6 Å². The van der Waals surface area contributed by atoms with Gasteiger partial charge in [0, 0.05) is 28.5 Å². The summed E-state index contributed by atoms with van der Waals surface area (Å²) in [6.07, 6.45) is 1.55. The van der Waals surface area contributed by atoms with Gasteiger partial charge in [-0.3, -0.25) is 4.79 Å². The number of ketones is 1. The van der Waals surface area contributed by atoms with Crippen LogP contribution in [0.2, 0.25) is 5.02 Å². The summed E-state index contributed by atoms with van der Waals surface area (Å²) in [5, 5.41) is 12.4. The normalized spacial score (nSPS) is 10.4. The van der Waals surface area contributed by atoms with E-state index in [4.69, 9.17) is 21.6 Å². The van der Waals surface area contributed by atoms with Crippen molar-refractivity contribution in [3.8, 4) is 17.7 Å². The summed E-state index contributed by atoms with van der Waals surface area (Å²) in [5.74, 6) is 0.719. The highest BCUT2D eigenvalue weighted by Gasteiger charge is 2.17. The molecule has 6 nitrogen and oxygen atoms in total. The van der Waals surface area contributed by atoms with Gasteiger partial charge in [0.1, 0.15) is 5.75 Å². The summed E-state index contributed by atoms with van der Waals surface area (Å²) in [5.41, 5.74) is 4.31. The number of carbonyl (C=O) groups excluding carboxylic acids is 1. The van der Waals surface area contributed by atoms with Gasteiger partial charge in [-0.2, -0.15) is 10.2 Å². The van der Waals surface area contributed by atoms with Crippen LogP contribution in [-0.4, -0.2) is 15.8 Å². The number of carbonyl (C=O) groups is 1. The van der Waals surface area contributed by atoms with Gasteiger partial charge in [0.05, 0.1) is 17.2 Å². The molecule has 0 atom stereocenters. The molecule has 7 heteroatoms. The molecule has 1 heterocycles. The molecule has 0 aliphatic carbocycles. The number of benzene rings is 3. The maximum atomic E-state index is 13.2. The van der Waals surface area contributed by atoms with Gasteiger partial charge >= 0.3 is 0 Å². The Kier molecular flexibility index (Phi) is 6.34. The Balaban J connectivity index is 1.60. The number of nitriles is 1. The predicted octanol–water partition coefficient (Wildman–Crippen LogP) is 6.39. The average molecular weight is 455 g/mol. The van der Waals surface area contributed by atoms with Crippen molar-refractivity contribution in [2.45, 2.75) is 13.8 Å². The first-order chi connectivity index (χ1) is 15.9. The van der Waals surface area contributed by atoms with Crippen LogP contribution in [0.4, 0.5) is 11.6 Å². The summed E-state index contributed by atoms with van der Waals surface area (Å²) in [6, 6.07) is 21.0. The van der Waals surface area contributed by atoms with E-state index in [1.165, 1.54) is 0 Å². The highest BCUT2D eigenvalue weighted by atomic mass is 35.5. The topological polar surface area (TPSA) is 87.9 Å². The summed E-state index contributed by atoms with van der Waals surface area (Å²) in [4.78, 5) is 21.8. The van der Waals surface area contributed by atoms with Crippen molar-refractivity contribution in [1.29, 1.82) is 5.26 Å². The molecule has 3 aromatic carbocycles. The minimum Gasteiger partial charge on any atom is -0.438 e. The second-order valence-electron chi connectivity index (χ2n) is 7.40. The molecule has 0 spiro atoms. The van der Waals surface area contributed by atoms with Gasteiger partial charge in [0.15, 0.2) is 5.78 Å². The Morgan fingerprint density at radius 3 is 2.52 bits per heavy atom. The van der Waals surface area contributed by atoms with Crippen molar-refractivity contribution in [1.82, 2.24) is 9.97 Å². The molecule has 0 amide bonds. The second-order valence-corrected chi connectivity index (χ2v) is 7.84. The average Bonchev–Trinajstić information content (AvgIpc) is 2.82. The maximum absolute atomic E-state index is 13.2. The van der Waals surface area contributed by atoms with Gasteiger partial charge < -0.3 is 10.1 Å². The molecule has 1 aromatic heterocycles. The van der Waals surface area contributed by atoms with E-state index in [0.717, 1.165) is 16.8 Å². The largest absolute Gasteiger partial charge is 0.438 e. The Hall–Kier alpha value is -4.21. The van der Waals surface area contributed by atoms with E-state index in [1.54, 1.807) is 60.8 Å². The minimum absolute atomic E-state index is 0.194. The number of hydrogen-bond donors (Lipinski definition) is 1. The fourth-order valence-corrected chi connectivity index (χ4v) is 3.31. The van der Waals surface area contributed by atoms with E-state index in [2.05, 4.69) is 21.4 Å². The van der Waals surface area contributed by atoms with Crippen molar-refractivity contribution in [2.24, 2.45) is 0 Å². The van der Waals surface area contributed by atoms with E-state index in [0.29, 0.717) is 33.4 Å². The fraction of sp³-hybridized carbons (Fsp3) is 0.0769. The number of rotatable bonds is 6. The van der Waals surface area contributed by atoms with Crippen LogP contribution in [-0.2, 0) is 0 Å². The first kappa shape index (κ1) is 22.0. The summed E-state index contributed by atoms with van der Waals surface area (Å²) < 4.78 is 5.96. The minimum atomic E-state index is -0.194. The molecular formula is C26H19ClN4O2. The molecule has 4 rings (SSSR count). The molecule has 0 fully saturated rings. The summed E-state index contributed by atoms with van der Waals surface area (Å²) in [6.45, 7) is 3.96. The van der Waals surface area contributed by atoms with Crippen molar-refractivity contribution >= 4 is 29.0 Å². The zero-order chi connectivity index (χ0) is 23.4. The lowest BCUT2D eigenvalue weighted by Gasteiger charge is -2.12. The summed E-state index contributed by atoms with van der Waals surface area (Å²) in [7, 11) is 0. The highest BCUT2D eigenvalue weighted by molar-refractivity contribution is 6.31. The Morgan fingerprint density at radius 2 is 1.79 bits per heavy atom. The number of hydrogen-bond acceptors (Lipinski definition) is 6. The maximum Gasteiger partial charge on any atom is 0.230 e. The van der Waals surface area contributed by atoms with Crippen LogP contribution in [0.5, 0.6) is 11.6 Å². The number of ether oxygens (including phenoxy) is 1. The molecule has 0 radical (unpaired) electrons. The number of aryl methyl sites for hydroxylation is 2.